The summed E-state index contributed by atoms with van der Waals surface area (Å²) in [5.41, 5.74) is 0. The zero-order chi connectivity index (χ0) is 11.0. The van der Waals surface area contributed by atoms with E-state index in [0.29, 0.717) is 0 Å². The van der Waals surface area contributed by atoms with Crippen LogP contribution in [0.3, 0.4) is 0 Å². The van der Waals surface area contributed by atoms with Crippen molar-refractivity contribution in [2.45, 2.75) is 59.8 Å². The summed E-state index contributed by atoms with van der Waals surface area (Å²) in [6.07, 6.45) is 7.56. The fourth-order valence-electron chi connectivity index (χ4n) is 4.18. The fraction of sp³-hybridized carbons (Fsp3) is 1.00. The standard InChI is InChI=1S/C15H28/c1-10(2)13-7-5-11(3)14-8-6-12(4)15(14)9-13/h10-15H,5-9H2,1-4H3/t11-,12-,13+,14-,15-/m0/s1. The molecule has 5 atom stereocenters. The van der Waals surface area contributed by atoms with Gasteiger partial charge in [-0.05, 0) is 54.8 Å². The smallest absolute Gasteiger partial charge is 0.0355 e. The summed E-state index contributed by atoms with van der Waals surface area (Å²) in [4.78, 5) is 0. The molecular formula is C15H28. The Balaban J connectivity index is 2.09. The van der Waals surface area contributed by atoms with Crippen molar-refractivity contribution in [2.75, 3.05) is 0 Å². The van der Waals surface area contributed by atoms with Crippen LogP contribution in [0.2, 0.25) is 0 Å². The van der Waals surface area contributed by atoms with Gasteiger partial charge in [-0.15, -0.1) is 0 Å². The van der Waals surface area contributed by atoms with Crippen molar-refractivity contribution >= 4 is 0 Å². The molecule has 2 rings (SSSR count). The molecule has 0 saturated heterocycles. The largest absolute Gasteiger partial charge is 0.0625 e. The van der Waals surface area contributed by atoms with E-state index in [1.54, 1.807) is 0 Å². The molecule has 0 spiro atoms. The lowest BCUT2D eigenvalue weighted by Crippen LogP contribution is -2.19. The fourth-order valence-corrected chi connectivity index (χ4v) is 4.18. The van der Waals surface area contributed by atoms with E-state index in [4.69, 9.17) is 0 Å². The Bertz CT molecular complexity index is 206. The first-order chi connectivity index (χ1) is 7.09. The van der Waals surface area contributed by atoms with Crippen LogP contribution in [0.5, 0.6) is 0 Å². The highest BCUT2D eigenvalue weighted by atomic mass is 14.4. The first-order valence-corrected chi connectivity index (χ1v) is 7.09. The van der Waals surface area contributed by atoms with Gasteiger partial charge < -0.3 is 0 Å². The molecule has 0 amide bonds. The molecule has 2 aliphatic carbocycles. The van der Waals surface area contributed by atoms with Crippen LogP contribution in [-0.2, 0) is 0 Å². The van der Waals surface area contributed by atoms with Gasteiger partial charge in [0.15, 0.2) is 0 Å². The van der Waals surface area contributed by atoms with Crippen LogP contribution in [0.1, 0.15) is 59.8 Å². The van der Waals surface area contributed by atoms with E-state index in [1.807, 2.05) is 0 Å². The summed E-state index contributed by atoms with van der Waals surface area (Å²) >= 11 is 0. The van der Waals surface area contributed by atoms with Crippen molar-refractivity contribution in [3.05, 3.63) is 0 Å². The van der Waals surface area contributed by atoms with Gasteiger partial charge in [0.25, 0.3) is 0 Å². The Kier molecular flexibility index (Phi) is 3.42. The maximum atomic E-state index is 2.51. The molecule has 0 heteroatoms. The second-order valence-corrected chi connectivity index (χ2v) is 6.68. The second-order valence-electron chi connectivity index (χ2n) is 6.68. The van der Waals surface area contributed by atoms with Crippen molar-refractivity contribution in [1.29, 1.82) is 0 Å². The van der Waals surface area contributed by atoms with Crippen LogP contribution in [0.15, 0.2) is 0 Å². The van der Waals surface area contributed by atoms with Crippen molar-refractivity contribution in [3.8, 4) is 0 Å². The van der Waals surface area contributed by atoms with Crippen LogP contribution in [0.4, 0.5) is 0 Å². The third-order valence-electron chi connectivity index (χ3n) is 5.48. The molecular weight excluding hydrogens is 180 g/mol. The lowest BCUT2D eigenvalue weighted by molar-refractivity contribution is 0.223. The van der Waals surface area contributed by atoms with Gasteiger partial charge in [-0.3, -0.25) is 0 Å². The van der Waals surface area contributed by atoms with Crippen LogP contribution >= 0.6 is 0 Å². The highest BCUT2D eigenvalue weighted by Crippen LogP contribution is 2.49. The summed E-state index contributed by atoms with van der Waals surface area (Å²) in [7, 11) is 0. The van der Waals surface area contributed by atoms with E-state index >= 15 is 0 Å². The maximum Gasteiger partial charge on any atom is -0.0355 e. The molecule has 0 bridgehead atoms. The van der Waals surface area contributed by atoms with E-state index in [0.717, 1.165) is 35.5 Å². The van der Waals surface area contributed by atoms with Gasteiger partial charge in [-0.25, -0.2) is 0 Å². The minimum atomic E-state index is 0.906. The second kappa shape index (κ2) is 4.47. The first-order valence-electron chi connectivity index (χ1n) is 7.09. The molecule has 0 aromatic rings. The summed E-state index contributed by atoms with van der Waals surface area (Å²) in [6, 6.07) is 0. The Labute approximate surface area is 95.8 Å². The molecule has 0 nitrogen and oxygen atoms in total. The predicted molar refractivity (Wildman–Crippen MR) is 66.7 cm³/mol. The van der Waals surface area contributed by atoms with Gasteiger partial charge in [0, 0.05) is 0 Å². The van der Waals surface area contributed by atoms with E-state index in [9.17, 15) is 0 Å². The molecule has 0 unspecified atom stereocenters. The van der Waals surface area contributed by atoms with Crippen LogP contribution < -0.4 is 0 Å². The monoisotopic (exact) mass is 208 g/mol. The van der Waals surface area contributed by atoms with E-state index in [2.05, 4.69) is 27.7 Å². The zero-order valence-corrected chi connectivity index (χ0v) is 11.0. The molecule has 0 N–H and O–H groups in total. The van der Waals surface area contributed by atoms with E-state index < -0.39 is 0 Å². The summed E-state index contributed by atoms with van der Waals surface area (Å²) < 4.78 is 0. The minimum absolute atomic E-state index is 0.906. The molecule has 0 aliphatic heterocycles. The van der Waals surface area contributed by atoms with Gasteiger partial charge >= 0.3 is 0 Å². The molecule has 2 fully saturated rings. The van der Waals surface area contributed by atoms with E-state index in [-0.39, 0.29) is 0 Å². The zero-order valence-electron chi connectivity index (χ0n) is 11.0. The molecule has 0 aromatic heterocycles. The SMILES string of the molecule is CC(C)[C@@H]1CC[C@H](C)[C@@H]2CC[C@H](C)[C@@H]2C1. The average Bonchev–Trinajstić information content (AvgIpc) is 2.43. The molecule has 2 aliphatic rings. The molecule has 15 heavy (non-hydrogen) atoms. The Morgan fingerprint density at radius 2 is 1.40 bits per heavy atom. The molecule has 2 saturated carbocycles. The predicted octanol–water partition coefficient (Wildman–Crippen LogP) is 4.74. The summed E-state index contributed by atoms with van der Waals surface area (Å²) in [6.45, 7) is 9.86. The first kappa shape index (κ1) is 11.5. The quantitative estimate of drug-likeness (QED) is 0.584. The van der Waals surface area contributed by atoms with Crippen molar-refractivity contribution in [3.63, 3.8) is 0 Å². The molecule has 0 heterocycles. The van der Waals surface area contributed by atoms with Gasteiger partial charge in [-0.1, -0.05) is 40.5 Å². The van der Waals surface area contributed by atoms with Gasteiger partial charge in [0.05, 0.1) is 0 Å². The van der Waals surface area contributed by atoms with E-state index in [1.165, 1.54) is 32.1 Å². The third kappa shape index (κ3) is 2.24. The number of hydrogen-bond donors (Lipinski definition) is 0. The maximum absolute atomic E-state index is 2.51. The minimum Gasteiger partial charge on any atom is -0.0625 e. The lowest BCUT2D eigenvalue weighted by atomic mass is 9.78. The van der Waals surface area contributed by atoms with Crippen molar-refractivity contribution in [1.82, 2.24) is 0 Å². The van der Waals surface area contributed by atoms with Crippen LogP contribution in [-0.4, -0.2) is 0 Å². The van der Waals surface area contributed by atoms with Crippen LogP contribution in [0, 0.1) is 35.5 Å². The molecule has 0 aromatic carbocycles. The Morgan fingerprint density at radius 1 is 0.800 bits per heavy atom. The Morgan fingerprint density at radius 3 is 2.07 bits per heavy atom. The number of hydrogen-bond acceptors (Lipinski definition) is 0. The Hall–Kier alpha value is 0. The molecule has 0 radical (unpaired) electrons. The van der Waals surface area contributed by atoms with Crippen molar-refractivity contribution < 1.29 is 0 Å². The highest BCUT2D eigenvalue weighted by Gasteiger charge is 2.40. The number of fused-ring (bicyclic) bond motifs is 1. The average molecular weight is 208 g/mol. The van der Waals surface area contributed by atoms with Gasteiger partial charge in [0.2, 0.25) is 0 Å². The van der Waals surface area contributed by atoms with Crippen molar-refractivity contribution in [2.24, 2.45) is 35.5 Å². The normalized spacial score (nSPS) is 46.6. The molecule has 88 valence electrons. The topological polar surface area (TPSA) is 0 Å². The summed E-state index contributed by atoms with van der Waals surface area (Å²) in [5.74, 6) is 6.07. The number of rotatable bonds is 1. The summed E-state index contributed by atoms with van der Waals surface area (Å²) in [5, 5.41) is 0. The van der Waals surface area contributed by atoms with Gasteiger partial charge in [0.1, 0.15) is 0 Å². The highest BCUT2D eigenvalue weighted by molar-refractivity contribution is 4.90. The van der Waals surface area contributed by atoms with Gasteiger partial charge in [-0.2, -0.15) is 0 Å². The lowest BCUT2D eigenvalue weighted by Gasteiger charge is -2.27. The van der Waals surface area contributed by atoms with Crippen LogP contribution in [0.25, 0.3) is 0 Å². The third-order valence-corrected chi connectivity index (χ3v) is 5.48.